The van der Waals surface area contributed by atoms with Gasteiger partial charge in [0, 0.05) is 36.2 Å². The zero-order valence-electron chi connectivity index (χ0n) is 16.4. The molecule has 0 bridgehead atoms. The second-order valence-electron chi connectivity index (χ2n) is 7.13. The largest absolute Gasteiger partial charge is 0.365 e. The molecule has 0 atom stereocenters. The lowest BCUT2D eigenvalue weighted by atomic mass is 10.1. The summed E-state index contributed by atoms with van der Waals surface area (Å²) in [5.41, 5.74) is 2.55. The average Bonchev–Trinajstić information content (AvgIpc) is 2.76. The Hall–Kier alpha value is -2.64. The van der Waals surface area contributed by atoms with E-state index >= 15 is 0 Å². The van der Waals surface area contributed by atoms with Gasteiger partial charge >= 0.3 is 0 Å². The Bertz CT molecular complexity index is 1140. The number of amides is 1. The maximum absolute atomic E-state index is 12.9. The molecule has 0 radical (unpaired) electrons. The van der Waals surface area contributed by atoms with Gasteiger partial charge in [-0.1, -0.05) is 45.7 Å². The first-order valence-corrected chi connectivity index (χ1v) is 10.8. The van der Waals surface area contributed by atoms with E-state index in [2.05, 4.69) is 21.0 Å². The number of halogens is 2. The number of benzene rings is 2. The van der Waals surface area contributed by atoms with Crippen molar-refractivity contribution in [1.82, 2.24) is 14.7 Å². The highest BCUT2D eigenvalue weighted by atomic mass is 79.9. The van der Waals surface area contributed by atoms with Crippen LogP contribution in [0.25, 0.3) is 5.69 Å². The third kappa shape index (κ3) is 4.00. The van der Waals surface area contributed by atoms with Crippen LogP contribution in [0.4, 0.5) is 5.69 Å². The van der Waals surface area contributed by atoms with Gasteiger partial charge in [0.2, 0.25) is 0 Å². The Morgan fingerprint density at radius 3 is 2.43 bits per heavy atom. The van der Waals surface area contributed by atoms with E-state index < -0.39 is 0 Å². The second kappa shape index (κ2) is 8.62. The molecule has 0 aliphatic carbocycles. The van der Waals surface area contributed by atoms with Gasteiger partial charge in [0.25, 0.3) is 11.5 Å². The van der Waals surface area contributed by atoms with Gasteiger partial charge in [-0.3, -0.25) is 9.59 Å². The molecule has 1 fully saturated rings. The fraction of sp³-hybridized carbons (Fsp3) is 0.227. The van der Waals surface area contributed by atoms with Gasteiger partial charge in [-0.2, -0.15) is 9.78 Å². The molecule has 154 valence electrons. The van der Waals surface area contributed by atoms with Crippen molar-refractivity contribution in [3.05, 3.63) is 85.7 Å². The van der Waals surface area contributed by atoms with E-state index in [1.54, 1.807) is 18.3 Å². The Balaban J connectivity index is 1.50. The number of carbonyl (C=O) groups excluding carboxylic acids is 1. The number of nitrogens with zero attached hydrogens (tertiary/aromatic N) is 4. The lowest BCUT2D eigenvalue weighted by molar-refractivity contribution is 0.0746. The van der Waals surface area contributed by atoms with Crippen LogP contribution >= 0.6 is 27.5 Å². The van der Waals surface area contributed by atoms with E-state index in [1.807, 2.05) is 53.1 Å². The van der Waals surface area contributed by atoms with Crippen LogP contribution in [-0.2, 0) is 0 Å². The highest BCUT2D eigenvalue weighted by Crippen LogP contribution is 2.24. The Kier molecular flexibility index (Phi) is 5.92. The monoisotopic (exact) mass is 486 g/mol. The summed E-state index contributed by atoms with van der Waals surface area (Å²) in [7, 11) is 0. The molecular formula is C22H20BrClN4O2. The molecule has 8 heteroatoms. The molecule has 1 aliphatic heterocycles. The number of piperazine rings is 1. The van der Waals surface area contributed by atoms with Crippen molar-refractivity contribution in [2.75, 3.05) is 31.1 Å². The Morgan fingerprint density at radius 2 is 1.77 bits per heavy atom. The normalized spacial score (nSPS) is 14.1. The first kappa shape index (κ1) is 20.6. The summed E-state index contributed by atoms with van der Waals surface area (Å²) < 4.78 is 2.25. The van der Waals surface area contributed by atoms with Gasteiger partial charge in [0.1, 0.15) is 5.02 Å². The first-order chi connectivity index (χ1) is 14.5. The Labute approximate surface area is 187 Å². The maximum atomic E-state index is 12.9. The standard InChI is InChI=1S/C22H20BrClN4O2/c1-15-13-16(23)7-8-18(15)21(29)27-11-9-26(10-12-27)19-14-25-28(22(30)20(19)24)17-5-3-2-4-6-17/h2-8,13-14H,9-12H2,1H3. The van der Waals surface area contributed by atoms with Crippen molar-refractivity contribution < 1.29 is 4.79 Å². The molecule has 3 aromatic rings. The minimum absolute atomic E-state index is 0.0170. The summed E-state index contributed by atoms with van der Waals surface area (Å²) in [5.74, 6) is 0.0170. The minimum atomic E-state index is -0.357. The fourth-order valence-corrected chi connectivity index (χ4v) is 4.31. The molecular weight excluding hydrogens is 468 g/mol. The van der Waals surface area contributed by atoms with Crippen LogP contribution in [-0.4, -0.2) is 46.8 Å². The zero-order chi connectivity index (χ0) is 21.3. The van der Waals surface area contributed by atoms with Gasteiger partial charge in [-0.15, -0.1) is 0 Å². The fourth-order valence-electron chi connectivity index (χ4n) is 3.59. The number of hydrogen-bond acceptors (Lipinski definition) is 4. The number of para-hydroxylation sites is 1. The number of rotatable bonds is 3. The zero-order valence-corrected chi connectivity index (χ0v) is 18.7. The van der Waals surface area contributed by atoms with Crippen LogP contribution in [0.15, 0.2) is 64.0 Å². The molecule has 6 nitrogen and oxygen atoms in total. The van der Waals surface area contributed by atoms with Crippen molar-refractivity contribution >= 4 is 39.1 Å². The smallest absolute Gasteiger partial charge is 0.292 e. The molecule has 30 heavy (non-hydrogen) atoms. The van der Waals surface area contributed by atoms with Crippen molar-refractivity contribution in [2.45, 2.75) is 6.92 Å². The van der Waals surface area contributed by atoms with E-state index in [0.717, 1.165) is 10.0 Å². The minimum Gasteiger partial charge on any atom is -0.365 e. The lowest BCUT2D eigenvalue weighted by Gasteiger charge is -2.36. The predicted octanol–water partition coefficient (Wildman–Crippen LogP) is 3.92. The first-order valence-electron chi connectivity index (χ1n) is 9.59. The summed E-state index contributed by atoms with van der Waals surface area (Å²) >= 11 is 9.84. The van der Waals surface area contributed by atoms with Crippen molar-refractivity contribution in [1.29, 1.82) is 0 Å². The molecule has 1 amide bonds. The maximum Gasteiger partial charge on any atom is 0.292 e. The topological polar surface area (TPSA) is 58.4 Å². The van der Waals surface area contributed by atoms with E-state index in [4.69, 9.17) is 11.6 Å². The van der Waals surface area contributed by atoms with E-state index in [9.17, 15) is 9.59 Å². The molecule has 1 aromatic heterocycles. The highest BCUT2D eigenvalue weighted by molar-refractivity contribution is 9.10. The molecule has 2 aromatic carbocycles. The average molecular weight is 488 g/mol. The molecule has 0 N–H and O–H groups in total. The van der Waals surface area contributed by atoms with E-state index in [-0.39, 0.29) is 16.5 Å². The lowest BCUT2D eigenvalue weighted by Crippen LogP contribution is -2.49. The van der Waals surface area contributed by atoms with E-state index in [1.165, 1.54) is 4.68 Å². The SMILES string of the molecule is Cc1cc(Br)ccc1C(=O)N1CCN(c2cnn(-c3ccccc3)c(=O)c2Cl)CC1. The third-order valence-electron chi connectivity index (χ3n) is 5.23. The highest BCUT2D eigenvalue weighted by Gasteiger charge is 2.25. The van der Waals surface area contributed by atoms with Gasteiger partial charge < -0.3 is 9.80 Å². The van der Waals surface area contributed by atoms with Crippen molar-refractivity contribution in [2.24, 2.45) is 0 Å². The molecule has 2 heterocycles. The Morgan fingerprint density at radius 1 is 1.07 bits per heavy atom. The van der Waals surface area contributed by atoms with Gasteiger partial charge in [0.15, 0.2) is 0 Å². The summed E-state index contributed by atoms with van der Waals surface area (Å²) in [6.07, 6.45) is 1.62. The van der Waals surface area contributed by atoms with Gasteiger partial charge in [-0.25, -0.2) is 0 Å². The van der Waals surface area contributed by atoms with Crippen LogP contribution in [0.5, 0.6) is 0 Å². The number of hydrogen-bond donors (Lipinski definition) is 0. The summed E-state index contributed by atoms with van der Waals surface area (Å²) in [4.78, 5) is 29.5. The van der Waals surface area contributed by atoms with Gasteiger partial charge in [0.05, 0.1) is 17.6 Å². The number of aromatic nitrogens is 2. The van der Waals surface area contributed by atoms with Crippen LogP contribution < -0.4 is 10.5 Å². The summed E-state index contributed by atoms with van der Waals surface area (Å²) in [6.45, 7) is 4.19. The van der Waals surface area contributed by atoms with Crippen LogP contribution in [0.1, 0.15) is 15.9 Å². The van der Waals surface area contributed by atoms with Crippen LogP contribution in [0.2, 0.25) is 5.02 Å². The third-order valence-corrected chi connectivity index (χ3v) is 6.08. The molecule has 1 saturated heterocycles. The molecule has 0 saturated carbocycles. The van der Waals surface area contributed by atoms with Crippen molar-refractivity contribution in [3.63, 3.8) is 0 Å². The van der Waals surface area contributed by atoms with Crippen LogP contribution in [0, 0.1) is 6.92 Å². The molecule has 1 aliphatic rings. The number of anilines is 1. The predicted molar refractivity (Wildman–Crippen MR) is 122 cm³/mol. The molecule has 0 spiro atoms. The quantitative estimate of drug-likeness (QED) is 0.562. The van der Waals surface area contributed by atoms with E-state index in [0.29, 0.717) is 43.1 Å². The number of carbonyl (C=O) groups is 1. The summed E-state index contributed by atoms with van der Waals surface area (Å²) in [6, 6.07) is 14.8. The summed E-state index contributed by atoms with van der Waals surface area (Å²) in [5, 5.41) is 4.44. The molecule has 0 unspecified atom stereocenters. The van der Waals surface area contributed by atoms with Crippen LogP contribution in [0.3, 0.4) is 0 Å². The number of aryl methyl sites for hydroxylation is 1. The second-order valence-corrected chi connectivity index (χ2v) is 8.43. The molecule has 4 rings (SSSR count). The van der Waals surface area contributed by atoms with Gasteiger partial charge in [-0.05, 0) is 42.8 Å². The van der Waals surface area contributed by atoms with Crippen molar-refractivity contribution in [3.8, 4) is 5.69 Å².